The Kier molecular flexibility index (Phi) is 6.75. The highest BCUT2D eigenvalue weighted by molar-refractivity contribution is 7.99. The van der Waals surface area contributed by atoms with Crippen molar-refractivity contribution in [3.63, 3.8) is 0 Å². The number of aromatic nitrogens is 2. The standard InChI is InChI=1S/C20H18N4S.2H2O/c1-24(10-6-14-4-8-22-9-5-14)20-15(12-21)13-23-17-2-3-18-16(19(17)20)7-11-25-18;;/h2-5,8-9,13H,6-7,10-11H2,1H3;2*1H2. The van der Waals surface area contributed by atoms with Crippen molar-refractivity contribution in [3.05, 3.63) is 59.5 Å². The van der Waals surface area contributed by atoms with E-state index in [1.54, 1.807) is 6.20 Å². The lowest BCUT2D eigenvalue weighted by Gasteiger charge is -2.23. The van der Waals surface area contributed by atoms with Gasteiger partial charge < -0.3 is 15.9 Å². The fourth-order valence-electron chi connectivity index (χ4n) is 3.40. The van der Waals surface area contributed by atoms with Gasteiger partial charge >= 0.3 is 0 Å². The zero-order valence-electron chi connectivity index (χ0n) is 15.1. The Balaban J connectivity index is 0.00000131. The molecule has 0 unspecified atom stereocenters. The molecule has 0 aliphatic carbocycles. The highest BCUT2D eigenvalue weighted by Crippen LogP contribution is 2.40. The molecule has 7 heteroatoms. The first-order chi connectivity index (χ1) is 12.3. The molecule has 0 fully saturated rings. The Labute approximate surface area is 162 Å². The lowest BCUT2D eigenvalue weighted by atomic mass is 10.0. The molecule has 1 aliphatic heterocycles. The summed E-state index contributed by atoms with van der Waals surface area (Å²) in [4.78, 5) is 12.1. The van der Waals surface area contributed by atoms with Crippen LogP contribution in [0, 0.1) is 11.3 Å². The summed E-state index contributed by atoms with van der Waals surface area (Å²) in [5.41, 5.74) is 5.24. The average Bonchev–Trinajstić information content (AvgIpc) is 3.15. The van der Waals surface area contributed by atoms with Gasteiger partial charge in [-0.05, 0) is 48.2 Å². The number of benzene rings is 1. The molecule has 0 radical (unpaired) electrons. The van der Waals surface area contributed by atoms with Crippen LogP contribution in [0.15, 0.2) is 47.8 Å². The second kappa shape index (κ2) is 8.82. The molecule has 0 atom stereocenters. The molecule has 1 aliphatic rings. The molecule has 1 aromatic carbocycles. The van der Waals surface area contributed by atoms with Gasteiger partial charge in [0.25, 0.3) is 0 Å². The van der Waals surface area contributed by atoms with E-state index < -0.39 is 0 Å². The fourth-order valence-corrected chi connectivity index (χ4v) is 4.47. The van der Waals surface area contributed by atoms with Crippen molar-refractivity contribution < 1.29 is 11.0 Å². The number of hydrogen-bond acceptors (Lipinski definition) is 5. The van der Waals surface area contributed by atoms with Gasteiger partial charge in [0.2, 0.25) is 0 Å². The lowest BCUT2D eigenvalue weighted by molar-refractivity contribution is 0.823. The summed E-state index contributed by atoms with van der Waals surface area (Å²) in [6, 6.07) is 10.7. The SMILES string of the molecule is CN(CCc1ccncc1)c1c(C#N)cnc2ccc3c(c12)CCS3.O.O. The van der Waals surface area contributed by atoms with Gasteiger partial charge in [0.1, 0.15) is 6.07 Å². The lowest BCUT2D eigenvalue weighted by Crippen LogP contribution is -2.22. The van der Waals surface area contributed by atoms with Gasteiger partial charge in [0.05, 0.1) is 16.8 Å². The first-order valence-electron chi connectivity index (χ1n) is 8.35. The zero-order chi connectivity index (χ0) is 17.2. The molecular formula is C20H22N4O2S. The van der Waals surface area contributed by atoms with Crippen LogP contribution in [0.1, 0.15) is 16.7 Å². The van der Waals surface area contributed by atoms with Gasteiger partial charge in [-0.3, -0.25) is 9.97 Å². The summed E-state index contributed by atoms with van der Waals surface area (Å²) in [5, 5.41) is 10.8. The van der Waals surface area contributed by atoms with E-state index in [0.29, 0.717) is 5.56 Å². The van der Waals surface area contributed by atoms with Gasteiger partial charge in [-0.15, -0.1) is 11.8 Å². The largest absolute Gasteiger partial charge is 0.412 e. The van der Waals surface area contributed by atoms with E-state index in [1.807, 2.05) is 36.3 Å². The molecule has 0 bridgehead atoms. The number of anilines is 1. The summed E-state index contributed by atoms with van der Waals surface area (Å²) >= 11 is 1.89. The monoisotopic (exact) mass is 382 g/mol. The zero-order valence-corrected chi connectivity index (χ0v) is 15.9. The van der Waals surface area contributed by atoms with Crippen LogP contribution in [-0.2, 0) is 12.8 Å². The summed E-state index contributed by atoms with van der Waals surface area (Å²) in [6.45, 7) is 0.842. The van der Waals surface area contributed by atoms with Crippen molar-refractivity contribution in [2.75, 3.05) is 24.2 Å². The Morgan fingerprint density at radius 2 is 1.96 bits per heavy atom. The summed E-state index contributed by atoms with van der Waals surface area (Å²) < 4.78 is 0. The Morgan fingerprint density at radius 1 is 1.19 bits per heavy atom. The van der Waals surface area contributed by atoms with Crippen LogP contribution in [0.4, 0.5) is 5.69 Å². The van der Waals surface area contributed by atoms with Crippen LogP contribution < -0.4 is 4.90 Å². The van der Waals surface area contributed by atoms with Crippen molar-refractivity contribution in [2.45, 2.75) is 17.7 Å². The van der Waals surface area contributed by atoms with Crippen LogP contribution in [0.2, 0.25) is 0 Å². The van der Waals surface area contributed by atoms with Crippen LogP contribution >= 0.6 is 11.8 Å². The third-order valence-corrected chi connectivity index (χ3v) is 5.77. The first-order valence-corrected chi connectivity index (χ1v) is 9.34. The van der Waals surface area contributed by atoms with Crippen molar-refractivity contribution in [1.82, 2.24) is 9.97 Å². The summed E-state index contributed by atoms with van der Waals surface area (Å²) in [6.07, 6.45) is 7.30. The Morgan fingerprint density at radius 3 is 2.70 bits per heavy atom. The van der Waals surface area contributed by atoms with E-state index in [-0.39, 0.29) is 11.0 Å². The van der Waals surface area contributed by atoms with Crippen LogP contribution in [-0.4, -0.2) is 40.3 Å². The van der Waals surface area contributed by atoms with Gasteiger partial charge in [-0.1, -0.05) is 0 Å². The highest BCUT2D eigenvalue weighted by atomic mass is 32.2. The van der Waals surface area contributed by atoms with E-state index in [1.165, 1.54) is 16.0 Å². The smallest absolute Gasteiger partial charge is 0.103 e. The second-order valence-electron chi connectivity index (χ2n) is 6.19. The number of pyridine rings is 2. The minimum atomic E-state index is 0. The van der Waals surface area contributed by atoms with Gasteiger partial charge in [0.15, 0.2) is 0 Å². The summed E-state index contributed by atoms with van der Waals surface area (Å²) in [7, 11) is 2.07. The maximum atomic E-state index is 9.63. The quantitative estimate of drug-likeness (QED) is 0.685. The van der Waals surface area contributed by atoms with Gasteiger partial charge in [-0.25, -0.2) is 0 Å². The molecule has 6 nitrogen and oxygen atoms in total. The van der Waals surface area contributed by atoms with Crippen molar-refractivity contribution in [2.24, 2.45) is 0 Å². The average molecular weight is 382 g/mol. The number of thioether (sulfide) groups is 1. The predicted octanol–water partition coefficient (Wildman–Crippen LogP) is 2.18. The Bertz CT molecular complexity index is 973. The van der Waals surface area contributed by atoms with Crippen molar-refractivity contribution >= 4 is 28.4 Å². The van der Waals surface area contributed by atoms with Crippen molar-refractivity contribution in [3.8, 4) is 6.07 Å². The van der Waals surface area contributed by atoms with Crippen LogP contribution in [0.5, 0.6) is 0 Å². The van der Waals surface area contributed by atoms with E-state index >= 15 is 0 Å². The molecule has 0 saturated carbocycles. The minimum Gasteiger partial charge on any atom is -0.412 e. The molecule has 3 aromatic rings. The van der Waals surface area contributed by atoms with E-state index in [9.17, 15) is 5.26 Å². The van der Waals surface area contributed by atoms with Gasteiger partial charge in [-0.2, -0.15) is 5.26 Å². The predicted molar refractivity (Wildman–Crippen MR) is 109 cm³/mol. The number of likely N-dealkylation sites (N-methyl/N-ethyl adjacent to an activating group) is 1. The molecular weight excluding hydrogens is 360 g/mol. The number of fused-ring (bicyclic) bond motifs is 3. The molecule has 2 aromatic heterocycles. The number of hydrogen-bond donors (Lipinski definition) is 0. The molecule has 0 spiro atoms. The molecule has 4 N–H and O–H groups in total. The topological polar surface area (TPSA) is 116 Å². The minimum absolute atomic E-state index is 0. The normalized spacial score (nSPS) is 11.9. The number of nitrogens with zero attached hydrogens (tertiary/aromatic N) is 4. The van der Waals surface area contributed by atoms with E-state index in [0.717, 1.165) is 41.7 Å². The highest BCUT2D eigenvalue weighted by Gasteiger charge is 2.21. The first kappa shape index (κ1) is 20.6. The Hall–Kier alpha value is -2.66. The molecule has 4 rings (SSSR count). The molecule has 0 saturated heterocycles. The number of aryl methyl sites for hydroxylation is 1. The van der Waals surface area contributed by atoms with Crippen LogP contribution in [0.25, 0.3) is 10.9 Å². The third kappa shape index (κ3) is 3.88. The van der Waals surface area contributed by atoms with E-state index in [4.69, 9.17) is 0 Å². The molecule has 3 heterocycles. The van der Waals surface area contributed by atoms with Crippen LogP contribution in [0.3, 0.4) is 0 Å². The van der Waals surface area contributed by atoms with E-state index in [2.05, 4.69) is 40.1 Å². The molecule has 0 amide bonds. The number of nitriles is 1. The molecule has 27 heavy (non-hydrogen) atoms. The maximum absolute atomic E-state index is 9.63. The fraction of sp³-hybridized carbons (Fsp3) is 0.250. The van der Waals surface area contributed by atoms with Gasteiger partial charge in [0, 0.05) is 48.2 Å². The molecule has 140 valence electrons. The number of rotatable bonds is 4. The van der Waals surface area contributed by atoms with Crippen molar-refractivity contribution in [1.29, 1.82) is 5.26 Å². The maximum Gasteiger partial charge on any atom is 0.103 e. The summed E-state index contributed by atoms with van der Waals surface area (Å²) in [5.74, 6) is 1.10. The second-order valence-corrected chi connectivity index (χ2v) is 7.33. The third-order valence-electron chi connectivity index (χ3n) is 4.67.